The van der Waals surface area contributed by atoms with Crippen LogP contribution >= 0.6 is 24.8 Å². The van der Waals surface area contributed by atoms with Crippen molar-refractivity contribution in [1.29, 1.82) is 0 Å². The quantitative estimate of drug-likeness (QED) is 0.826. The van der Waals surface area contributed by atoms with Gasteiger partial charge in [-0.05, 0) is 37.6 Å². The SMILES string of the molecule is CN1CCCC1CN1Cc2ccccc2C1.Cl.Cl. The summed E-state index contributed by atoms with van der Waals surface area (Å²) in [6.07, 6.45) is 2.76. The third-order valence-electron chi connectivity index (χ3n) is 4.05. The summed E-state index contributed by atoms with van der Waals surface area (Å²) < 4.78 is 0. The second kappa shape index (κ2) is 6.76. The summed E-state index contributed by atoms with van der Waals surface area (Å²) in [6, 6.07) is 9.64. The monoisotopic (exact) mass is 288 g/mol. The predicted octanol–water partition coefficient (Wildman–Crippen LogP) is 2.94. The minimum absolute atomic E-state index is 0. The summed E-state index contributed by atoms with van der Waals surface area (Å²) in [5.41, 5.74) is 3.06. The first-order valence-corrected chi connectivity index (χ1v) is 6.32. The maximum Gasteiger partial charge on any atom is 0.0241 e. The fourth-order valence-corrected chi connectivity index (χ4v) is 3.04. The number of likely N-dealkylation sites (tertiary alicyclic amines) is 1. The number of halogens is 2. The smallest absolute Gasteiger partial charge is 0.0241 e. The molecule has 2 aliphatic rings. The molecule has 102 valence electrons. The molecule has 1 fully saturated rings. The Bertz CT molecular complexity index is 359. The third kappa shape index (κ3) is 3.18. The van der Waals surface area contributed by atoms with Gasteiger partial charge in [0, 0.05) is 25.7 Å². The van der Waals surface area contributed by atoms with E-state index in [-0.39, 0.29) is 24.8 Å². The van der Waals surface area contributed by atoms with E-state index in [1.807, 2.05) is 0 Å². The summed E-state index contributed by atoms with van der Waals surface area (Å²) in [4.78, 5) is 5.11. The molecule has 4 heteroatoms. The van der Waals surface area contributed by atoms with Crippen LogP contribution in [0.3, 0.4) is 0 Å². The number of rotatable bonds is 2. The van der Waals surface area contributed by atoms with Gasteiger partial charge in [0.15, 0.2) is 0 Å². The average molecular weight is 289 g/mol. The highest BCUT2D eigenvalue weighted by atomic mass is 35.5. The van der Waals surface area contributed by atoms with Crippen LogP contribution in [0.4, 0.5) is 0 Å². The van der Waals surface area contributed by atoms with Crippen molar-refractivity contribution >= 4 is 24.8 Å². The van der Waals surface area contributed by atoms with Gasteiger partial charge in [-0.25, -0.2) is 0 Å². The van der Waals surface area contributed by atoms with Crippen molar-refractivity contribution in [1.82, 2.24) is 9.80 Å². The Morgan fingerprint density at radius 1 is 1.11 bits per heavy atom. The average Bonchev–Trinajstić information content (AvgIpc) is 2.85. The van der Waals surface area contributed by atoms with Gasteiger partial charge in [-0.3, -0.25) is 4.90 Å². The molecule has 1 unspecified atom stereocenters. The van der Waals surface area contributed by atoms with Gasteiger partial charge in [0.05, 0.1) is 0 Å². The van der Waals surface area contributed by atoms with Crippen LogP contribution < -0.4 is 0 Å². The zero-order valence-electron chi connectivity index (χ0n) is 10.8. The molecule has 1 aromatic carbocycles. The van der Waals surface area contributed by atoms with E-state index in [2.05, 4.69) is 41.1 Å². The number of likely N-dealkylation sites (N-methyl/N-ethyl adjacent to an activating group) is 1. The molecule has 2 heterocycles. The summed E-state index contributed by atoms with van der Waals surface area (Å²) in [6.45, 7) is 4.83. The van der Waals surface area contributed by atoms with Crippen molar-refractivity contribution < 1.29 is 0 Å². The van der Waals surface area contributed by atoms with Gasteiger partial charge < -0.3 is 4.90 Å². The minimum atomic E-state index is 0. The lowest BCUT2D eigenvalue weighted by Crippen LogP contribution is -2.36. The topological polar surface area (TPSA) is 6.48 Å². The molecular weight excluding hydrogens is 267 g/mol. The highest BCUT2D eigenvalue weighted by molar-refractivity contribution is 5.85. The van der Waals surface area contributed by atoms with Crippen LogP contribution in [0.1, 0.15) is 24.0 Å². The van der Waals surface area contributed by atoms with E-state index < -0.39 is 0 Å². The summed E-state index contributed by atoms with van der Waals surface area (Å²) >= 11 is 0. The molecule has 0 aromatic heterocycles. The zero-order chi connectivity index (χ0) is 11.0. The Morgan fingerprint density at radius 2 is 1.72 bits per heavy atom. The molecule has 0 saturated carbocycles. The Labute approximate surface area is 122 Å². The molecule has 0 spiro atoms. The molecule has 2 aliphatic heterocycles. The predicted molar refractivity (Wildman–Crippen MR) is 80.7 cm³/mol. The molecule has 0 radical (unpaired) electrons. The van der Waals surface area contributed by atoms with Gasteiger partial charge in [-0.15, -0.1) is 24.8 Å². The van der Waals surface area contributed by atoms with E-state index in [4.69, 9.17) is 0 Å². The summed E-state index contributed by atoms with van der Waals surface area (Å²) in [5.74, 6) is 0. The van der Waals surface area contributed by atoms with Crippen molar-refractivity contribution in [2.45, 2.75) is 32.0 Å². The summed E-state index contributed by atoms with van der Waals surface area (Å²) in [7, 11) is 2.26. The molecule has 18 heavy (non-hydrogen) atoms. The number of hydrogen-bond acceptors (Lipinski definition) is 2. The van der Waals surface area contributed by atoms with Crippen molar-refractivity contribution in [2.75, 3.05) is 20.1 Å². The van der Waals surface area contributed by atoms with E-state index in [9.17, 15) is 0 Å². The Kier molecular flexibility index (Phi) is 5.93. The fraction of sp³-hybridized carbons (Fsp3) is 0.571. The molecule has 3 rings (SSSR count). The van der Waals surface area contributed by atoms with Crippen molar-refractivity contribution in [3.8, 4) is 0 Å². The molecule has 1 saturated heterocycles. The molecule has 0 aliphatic carbocycles. The molecule has 2 nitrogen and oxygen atoms in total. The molecule has 0 amide bonds. The van der Waals surface area contributed by atoms with Gasteiger partial charge in [0.2, 0.25) is 0 Å². The van der Waals surface area contributed by atoms with Crippen LogP contribution in [-0.2, 0) is 13.1 Å². The Balaban J connectivity index is 0.000000810. The van der Waals surface area contributed by atoms with Crippen LogP contribution in [0, 0.1) is 0 Å². The van der Waals surface area contributed by atoms with Gasteiger partial charge in [-0.1, -0.05) is 24.3 Å². The maximum atomic E-state index is 2.59. The molecule has 0 bridgehead atoms. The van der Waals surface area contributed by atoms with Crippen molar-refractivity contribution in [3.63, 3.8) is 0 Å². The first-order valence-electron chi connectivity index (χ1n) is 6.32. The Hall–Kier alpha value is -0.280. The van der Waals surface area contributed by atoms with Crippen LogP contribution in [0.2, 0.25) is 0 Å². The van der Waals surface area contributed by atoms with Crippen LogP contribution in [0.25, 0.3) is 0 Å². The highest BCUT2D eigenvalue weighted by Gasteiger charge is 2.26. The lowest BCUT2D eigenvalue weighted by atomic mass is 10.1. The number of nitrogens with zero attached hydrogens (tertiary/aromatic N) is 2. The molecule has 1 atom stereocenters. The minimum Gasteiger partial charge on any atom is -0.302 e. The number of benzene rings is 1. The standard InChI is InChI=1S/C14H20N2.2ClH/c1-15-8-4-7-14(15)11-16-9-12-5-2-3-6-13(12)10-16;;/h2-3,5-6,14H,4,7-11H2,1H3;2*1H. The van der Waals surface area contributed by atoms with Gasteiger partial charge in [0.25, 0.3) is 0 Å². The van der Waals surface area contributed by atoms with Crippen molar-refractivity contribution in [2.24, 2.45) is 0 Å². The van der Waals surface area contributed by atoms with E-state index >= 15 is 0 Å². The van der Waals surface area contributed by atoms with Gasteiger partial charge in [-0.2, -0.15) is 0 Å². The normalized spacial score (nSPS) is 23.3. The van der Waals surface area contributed by atoms with E-state index in [0.717, 1.165) is 19.1 Å². The number of hydrogen-bond donors (Lipinski definition) is 0. The number of fused-ring (bicyclic) bond motifs is 1. The molecule has 0 N–H and O–H groups in total. The highest BCUT2D eigenvalue weighted by Crippen LogP contribution is 2.24. The largest absolute Gasteiger partial charge is 0.302 e. The molecule has 1 aromatic rings. The first-order chi connectivity index (χ1) is 7.83. The van der Waals surface area contributed by atoms with E-state index in [0.29, 0.717) is 0 Å². The Morgan fingerprint density at radius 3 is 2.22 bits per heavy atom. The maximum absolute atomic E-state index is 2.59. The van der Waals surface area contributed by atoms with Crippen LogP contribution in [0.15, 0.2) is 24.3 Å². The third-order valence-corrected chi connectivity index (χ3v) is 4.05. The second-order valence-corrected chi connectivity index (χ2v) is 5.21. The second-order valence-electron chi connectivity index (χ2n) is 5.21. The first kappa shape index (κ1) is 15.8. The van der Waals surface area contributed by atoms with Crippen LogP contribution in [-0.4, -0.2) is 36.0 Å². The van der Waals surface area contributed by atoms with Gasteiger partial charge in [0.1, 0.15) is 0 Å². The van der Waals surface area contributed by atoms with E-state index in [1.165, 1.54) is 37.1 Å². The fourth-order valence-electron chi connectivity index (χ4n) is 3.04. The zero-order valence-corrected chi connectivity index (χ0v) is 12.5. The van der Waals surface area contributed by atoms with E-state index in [1.54, 1.807) is 0 Å². The molecular formula is C14H22Cl2N2. The lowest BCUT2D eigenvalue weighted by Gasteiger charge is -2.25. The van der Waals surface area contributed by atoms with Gasteiger partial charge >= 0.3 is 0 Å². The lowest BCUT2D eigenvalue weighted by molar-refractivity contribution is 0.194. The summed E-state index contributed by atoms with van der Waals surface area (Å²) in [5, 5.41) is 0. The van der Waals surface area contributed by atoms with Crippen molar-refractivity contribution in [3.05, 3.63) is 35.4 Å². The van der Waals surface area contributed by atoms with Crippen LogP contribution in [0.5, 0.6) is 0 Å².